The smallest absolute Gasteiger partial charge is 0.352 e. The Morgan fingerprint density at radius 3 is 2.80 bits per heavy atom. The van der Waals surface area contributed by atoms with Gasteiger partial charge in [-0.1, -0.05) is 0 Å². The third kappa shape index (κ3) is 1.41. The molecule has 0 bridgehead atoms. The number of aromatic carboxylic acids is 1. The summed E-state index contributed by atoms with van der Waals surface area (Å²) in [4.78, 5) is 13.6. The Morgan fingerprint density at radius 1 is 1.53 bits per heavy atom. The summed E-state index contributed by atoms with van der Waals surface area (Å²) in [5.74, 6) is -0.960. The second kappa shape index (κ2) is 3.27. The van der Waals surface area contributed by atoms with Crippen LogP contribution in [0.3, 0.4) is 0 Å². The summed E-state index contributed by atoms with van der Waals surface area (Å²) in [6.07, 6.45) is 3.29. The van der Waals surface area contributed by atoms with E-state index in [0.717, 1.165) is 11.3 Å². The Hall–Kier alpha value is -2.04. The zero-order chi connectivity index (χ0) is 11.0. The SMILES string of the molecule is Cc1c(-c2cc[nH]c2C(=O)O)cnn1C. The van der Waals surface area contributed by atoms with Crippen molar-refractivity contribution in [1.29, 1.82) is 0 Å². The molecule has 0 saturated carbocycles. The first-order valence-corrected chi connectivity index (χ1v) is 4.51. The highest BCUT2D eigenvalue weighted by atomic mass is 16.4. The van der Waals surface area contributed by atoms with Crippen LogP contribution in [0, 0.1) is 6.92 Å². The molecule has 2 aromatic heterocycles. The van der Waals surface area contributed by atoms with Gasteiger partial charge in [0.25, 0.3) is 0 Å². The summed E-state index contributed by atoms with van der Waals surface area (Å²) in [6, 6.07) is 1.74. The number of carboxylic acids is 1. The Kier molecular flexibility index (Phi) is 2.07. The number of hydrogen-bond donors (Lipinski definition) is 2. The van der Waals surface area contributed by atoms with Gasteiger partial charge in [0.2, 0.25) is 0 Å². The lowest BCUT2D eigenvalue weighted by Gasteiger charge is -1.99. The molecule has 2 heterocycles. The number of aromatic nitrogens is 3. The van der Waals surface area contributed by atoms with Crippen LogP contribution in [-0.4, -0.2) is 25.8 Å². The van der Waals surface area contributed by atoms with Crippen LogP contribution < -0.4 is 0 Å². The molecular weight excluding hydrogens is 194 g/mol. The topological polar surface area (TPSA) is 70.9 Å². The van der Waals surface area contributed by atoms with Crippen LogP contribution in [0.4, 0.5) is 0 Å². The molecule has 0 radical (unpaired) electrons. The van der Waals surface area contributed by atoms with Crippen molar-refractivity contribution >= 4 is 5.97 Å². The van der Waals surface area contributed by atoms with Gasteiger partial charge in [-0.05, 0) is 13.0 Å². The van der Waals surface area contributed by atoms with Gasteiger partial charge in [-0.25, -0.2) is 4.79 Å². The predicted molar refractivity (Wildman–Crippen MR) is 54.7 cm³/mol. The van der Waals surface area contributed by atoms with Crippen LogP contribution in [0.15, 0.2) is 18.5 Å². The molecule has 2 N–H and O–H groups in total. The van der Waals surface area contributed by atoms with Gasteiger partial charge in [0.05, 0.1) is 6.20 Å². The van der Waals surface area contributed by atoms with Crippen molar-refractivity contribution in [3.63, 3.8) is 0 Å². The number of nitrogens with zero attached hydrogens (tertiary/aromatic N) is 2. The molecule has 0 amide bonds. The van der Waals surface area contributed by atoms with Gasteiger partial charge >= 0.3 is 5.97 Å². The molecule has 0 unspecified atom stereocenters. The average molecular weight is 205 g/mol. The van der Waals surface area contributed by atoms with Crippen molar-refractivity contribution in [1.82, 2.24) is 14.8 Å². The number of aromatic amines is 1. The fourth-order valence-corrected chi connectivity index (χ4v) is 1.53. The normalized spacial score (nSPS) is 10.5. The second-order valence-corrected chi connectivity index (χ2v) is 3.34. The number of carboxylic acid groups (broad SMARTS) is 1. The minimum absolute atomic E-state index is 0.200. The molecule has 0 saturated heterocycles. The molecule has 78 valence electrons. The molecule has 0 aliphatic rings. The summed E-state index contributed by atoms with van der Waals surface area (Å²) < 4.78 is 1.72. The zero-order valence-corrected chi connectivity index (χ0v) is 8.48. The van der Waals surface area contributed by atoms with Crippen LogP contribution in [-0.2, 0) is 7.05 Å². The van der Waals surface area contributed by atoms with Gasteiger partial charge in [-0.2, -0.15) is 5.10 Å². The van der Waals surface area contributed by atoms with E-state index in [-0.39, 0.29) is 5.69 Å². The van der Waals surface area contributed by atoms with Crippen molar-refractivity contribution in [2.45, 2.75) is 6.92 Å². The number of rotatable bonds is 2. The molecule has 0 atom stereocenters. The first-order valence-electron chi connectivity index (χ1n) is 4.51. The standard InChI is InChI=1S/C10H11N3O2/c1-6-8(5-12-13(6)2)7-3-4-11-9(7)10(14)15/h3-5,11H,1-2H3,(H,14,15). The van der Waals surface area contributed by atoms with Gasteiger partial charge in [-0.15, -0.1) is 0 Å². The summed E-state index contributed by atoms with van der Waals surface area (Å²) in [6.45, 7) is 1.90. The highest BCUT2D eigenvalue weighted by molar-refractivity contribution is 5.94. The zero-order valence-electron chi connectivity index (χ0n) is 8.48. The number of aryl methyl sites for hydroxylation is 1. The van der Waals surface area contributed by atoms with Gasteiger partial charge in [0.1, 0.15) is 5.69 Å². The van der Waals surface area contributed by atoms with Gasteiger partial charge in [0, 0.05) is 30.1 Å². The first kappa shape index (κ1) is 9.51. The largest absolute Gasteiger partial charge is 0.477 e. The van der Waals surface area contributed by atoms with E-state index in [0.29, 0.717) is 5.56 Å². The summed E-state index contributed by atoms with van der Waals surface area (Å²) in [5, 5.41) is 13.0. The van der Waals surface area contributed by atoms with Crippen molar-refractivity contribution < 1.29 is 9.90 Å². The summed E-state index contributed by atoms with van der Waals surface area (Å²) >= 11 is 0. The quantitative estimate of drug-likeness (QED) is 0.778. The Balaban J connectivity index is 2.59. The van der Waals surface area contributed by atoms with Crippen LogP contribution >= 0.6 is 0 Å². The lowest BCUT2D eigenvalue weighted by molar-refractivity contribution is 0.0692. The maximum absolute atomic E-state index is 10.9. The third-order valence-electron chi connectivity index (χ3n) is 2.49. The maximum Gasteiger partial charge on any atom is 0.352 e. The highest BCUT2D eigenvalue weighted by Crippen LogP contribution is 2.25. The fourth-order valence-electron chi connectivity index (χ4n) is 1.53. The summed E-state index contributed by atoms with van der Waals surface area (Å²) in [7, 11) is 1.83. The molecule has 2 rings (SSSR count). The maximum atomic E-state index is 10.9. The summed E-state index contributed by atoms with van der Waals surface area (Å²) in [5.41, 5.74) is 2.66. The van der Waals surface area contributed by atoms with E-state index in [9.17, 15) is 4.79 Å². The number of carbonyl (C=O) groups is 1. The Labute approximate surface area is 86.4 Å². The lowest BCUT2D eigenvalue weighted by atomic mass is 10.1. The van der Waals surface area contributed by atoms with Gasteiger partial charge in [-0.3, -0.25) is 4.68 Å². The molecule has 0 aliphatic carbocycles. The molecule has 0 aliphatic heterocycles. The number of hydrogen-bond acceptors (Lipinski definition) is 2. The molecule has 0 aromatic carbocycles. The molecule has 0 fully saturated rings. The monoisotopic (exact) mass is 205 g/mol. The fraction of sp³-hybridized carbons (Fsp3) is 0.200. The van der Waals surface area contributed by atoms with Gasteiger partial charge in [0.15, 0.2) is 0 Å². The highest BCUT2D eigenvalue weighted by Gasteiger charge is 2.16. The first-order chi connectivity index (χ1) is 7.11. The minimum atomic E-state index is -0.960. The van der Waals surface area contributed by atoms with E-state index in [1.165, 1.54) is 0 Å². The van der Waals surface area contributed by atoms with Crippen molar-refractivity contribution in [2.24, 2.45) is 7.05 Å². The van der Waals surface area contributed by atoms with Crippen LogP contribution in [0.5, 0.6) is 0 Å². The lowest BCUT2D eigenvalue weighted by Crippen LogP contribution is -1.99. The van der Waals surface area contributed by atoms with E-state index in [1.54, 1.807) is 23.1 Å². The minimum Gasteiger partial charge on any atom is -0.477 e. The Morgan fingerprint density at radius 2 is 2.27 bits per heavy atom. The molecular formula is C10H11N3O2. The predicted octanol–water partition coefficient (Wildman–Crippen LogP) is 1.42. The van der Waals surface area contributed by atoms with Crippen molar-refractivity contribution in [3.8, 4) is 11.1 Å². The van der Waals surface area contributed by atoms with Gasteiger partial charge < -0.3 is 10.1 Å². The molecule has 5 heteroatoms. The number of nitrogens with one attached hydrogen (secondary N) is 1. The van der Waals surface area contributed by atoms with E-state index in [4.69, 9.17) is 5.11 Å². The van der Waals surface area contributed by atoms with E-state index >= 15 is 0 Å². The van der Waals surface area contributed by atoms with Crippen LogP contribution in [0.2, 0.25) is 0 Å². The van der Waals surface area contributed by atoms with E-state index in [1.807, 2.05) is 14.0 Å². The Bertz CT molecular complexity index is 510. The third-order valence-corrected chi connectivity index (χ3v) is 2.49. The molecule has 0 spiro atoms. The van der Waals surface area contributed by atoms with E-state index in [2.05, 4.69) is 10.1 Å². The van der Waals surface area contributed by atoms with Crippen LogP contribution in [0.1, 0.15) is 16.2 Å². The van der Waals surface area contributed by atoms with E-state index < -0.39 is 5.97 Å². The number of H-pyrrole nitrogens is 1. The van der Waals surface area contributed by atoms with Crippen LogP contribution in [0.25, 0.3) is 11.1 Å². The second-order valence-electron chi connectivity index (χ2n) is 3.34. The average Bonchev–Trinajstić information content (AvgIpc) is 2.75. The molecule has 15 heavy (non-hydrogen) atoms. The van der Waals surface area contributed by atoms with Crippen molar-refractivity contribution in [3.05, 3.63) is 29.8 Å². The molecule has 5 nitrogen and oxygen atoms in total. The van der Waals surface area contributed by atoms with Crippen molar-refractivity contribution in [2.75, 3.05) is 0 Å². The molecule has 2 aromatic rings.